The van der Waals surface area contributed by atoms with Gasteiger partial charge in [-0.25, -0.2) is 0 Å². The highest BCUT2D eigenvalue weighted by molar-refractivity contribution is 6.35. The third-order valence-electron chi connectivity index (χ3n) is 7.12. The van der Waals surface area contributed by atoms with Gasteiger partial charge in [-0.3, -0.25) is 14.4 Å². The number of nitrogens with zero attached hydrogens (tertiary/aromatic N) is 1. The van der Waals surface area contributed by atoms with E-state index in [2.05, 4.69) is 10.6 Å². The third kappa shape index (κ3) is 3.35. The summed E-state index contributed by atoms with van der Waals surface area (Å²) in [6, 6.07) is -0.184. The standard InChI is InChI=1S/C20H31N3O3/c1-12(11-23-13(2)10-21-18(25)19(23)26)22-17(24)9-20-6-14-3-15(7-20)5-16(4-14)8-20/h12-16H,3-11H2,1-2H3,(H,21,25)(H,22,24)/t12-,13-,14?,15?,16?,20?/m0/s1. The van der Waals surface area contributed by atoms with E-state index in [0.29, 0.717) is 19.5 Å². The first kappa shape index (κ1) is 17.8. The zero-order valence-corrected chi connectivity index (χ0v) is 15.9. The molecular weight excluding hydrogens is 330 g/mol. The van der Waals surface area contributed by atoms with Gasteiger partial charge in [-0.2, -0.15) is 0 Å². The van der Waals surface area contributed by atoms with E-state index in [1.807, 2.05) is 13.8 Å². The second kappa shape index (κ2) is 6.54. The van der Waals surface area contributed by atoms with Crippen LogP contribution in [0.15, 0.2) is 0 Å². The molecule has 26 heavy (non-hydrogen) atoms. The van der Waals surface area contributed by atoms with Crippen LogP contribution in [0.4, 0.5) is 0 Å². The predicted molar refractivity (Wildman–Crippen MR) is 97.0 cm³/mol. The molecule has 4 bridgehead atoms. The van der Waals surface area contributed by atoms with Crippen molar-refractivity contribution in [3.8, 4) is 0 Å². The van der Waals surface area contributed by atoms with Crippen LogP contribution in [0.3, 0.4) is 0 Å². The molecule has 6 nitrogen and oxygen atoms in total. The van der Waals surface area contributed by atoms with Crippen LogP contribution in [0.5, 0.6) is 0 Å². The van der Waals surface area contributed by atoms with E-state index < -0.39 is 11.8 Å². The highest BCUT2D eigenvalue weighted by Gasteiger charge is 2.51. The first-order valence-corrected chi connectivity index (χ1v) is 10.2. The van der Waals surface area contributed by atoms with Crippen molar-refractivity contribution in [1.29, 1.82) is 0 Å². The summed E-state index contributed by atoms with van der Waals surface area (Å²) in [6.07, 6.45) is 8.45. The van der Waals surface area contributed by atoms with Crippen LogP contribution in [0, 0.1) is 23.2 Å². The zero-order valence-electron chi connectivity index (χ0n) is 15.9. The van der Waals surface area contributed by atoms with E-state index in [4.69, 9.17) is 0 Å². The fraction of sp³-hybridized carbons (Fsp3) is 0.850. The number of carbonyl (C=O) groups is 3. The van der Waals surface area contributed by atoms with Crippen LogP contribution in [0.2, 0.25) is 0 Å². The molecule has 0 aromatic carbocycles. The Hall–Kier alpha value is -1.59. The number of amides is 3. The maximum atomic E-state index is 12.7. The summed E-state index contributed by atoms with van der Waals surface area (Å²) >= 11 is 0. The molecular formula is C20H31N3O3. The Morgan fingerprint density at radius 2 is 1.77 bits per heavy atom. The van der Waals surface area contributed by atoms with E-state index >= 15 is 0 Å². The Labute approximate surface area is 155 Å². The van der Waals surface area contributed by atoms with Crippen molar-refractivity contribution in [1.82, 2.24) is 15.5 Å². The van der Waals surface area contributed by atoms with Gasteiger partial charge in [0.05, 0.1) is 0 Å². The van der Waals surface area contributed by atoms with Gasteiger partial charge < -0.3 is 15.5 Å². The van der Waals surface area contributed by atoms with Crippen molar-refractivity contribution in [2.45, 2.75) is 70.9 Å². The molecule has 144 valence electrons. The van der Waals surface area contributed by atoms with Crippen molar-refractivity contribution < 1.29 is 14.4 Å². The molecule has 0 unspecified atom stereocenters. The fourth-order valence-electron chi connectivity index (χ4n) is 6.53. The van der Waals surface area contributed by atoms with Crippen molar-refractivity contribution in [2.75, 3.05) is 13.1 Å². The maximum Gasteiger partial charge on any atom is 0.312 e. The van der Waals surface area contributed by atoms with Gasteiger partial charge in [0.1, 0.15) is 0 Å². The first-order valence-electron chi connectivity index (χ1n) is 10.2. The molecule has 0 radical (unpaired) electrons. The molecule has 0 spiro atoms. The molecule has 0 aromatic rings. The van der Waals surface area contributed by atoms with E-state index in [1.165, 1.54) is 38.5 Å². The lowest BCUT2D eigenvalue weighted by Crippen LogP contribution is -2.59. The number of hydrogen-bond acceptors (Lipinski definition) is 3. The molecule has 3 amide bonds. The van der Waals surface area contributed by atoms with E-state index in [1.54, 1.807) is 4.90 Å². The molecule has 1 aliphatic heterocycles. The van der Waals surface area contributed by atoms with Gasteiger partial charge in [0.15, 0.2) is 0 Å². The second-order valence-electron chi connectivity index (χ2n) is 9.58. The molecule has 5 aliphatic rings. The van der Waals surface area contributed by atoms with Crippen LogP contribution in [-0.2, 0) is 14.4 Å². The summed E-state index contributed by atoms with van der Waals surface area (Å²) in [7, 11) is 0. The number of rotatable bonds is 5. The molecule has 0 aromatic heterocycles. The molecule has 4 aliphatic carbocycles. The summed E-state index contributed by atoms with van der Waals surface area (Å²) in [6.45, 7) is 4.70. The van der Waals surface area contributed by atoms with Crippen LogP contribution in [-0.4, -0.2) is 47.8 Å². The number of hydrogen-bond donors (Lipinski definition) is 2. The molecule has 2 atom stereocenters. The van der Waals surface area contributed by atoms with E-state index in [0.717, 1.165) is 17.8 Å². The van der Waals surface area contributed by atoms with Gasteiger partial charge in [-0.1, -0.05) is 0 Å². The van der Waals surface area contributed by atoms with Crippen molar-refractivity contribution >= 4 is 17.7 Å². The SMILES string of the molecule is C[C@@H](CN1C(=O)C(=O)NC[C@@H]1C)NC(=O)CC12CC3CC(CC(C3)C1)C2. The van der Waals surface area contributed by atoms with E-state index in [9.17, 15) is 14.4 Å². The molecule has 4 saturated carbocycles. The number of carbonyl (C=O) groups excluding carboxylic acids is 3. The summed E-state index contributed by atoms with van der Waals surface area (Å²) in [5.74, 6) is 1.60. The number of nitrogens with one attached hydrogen (secondary N) is 2. The quantitative estimate of drug-likeness (QED) is 0.728. The lowest BCUT2D eigenvalue weighted by atomic mass is 9.49. The Balaban J connectivity index is 1.32. The maximum absolute atomic E-state index is 12.7. The van der Waals surface area contributed by atoms with Gasteiger partial charge >= 0.3 is 11.8 Å². The van der Waals surface area contributed by atoms with Gasteiger partial charge in [-0.15, -0.1) is 0 Å². The third-order valence-corrected chi connectivity index (χ3v) is 7.12. The largest absolute Gasteiger partial charge is 0.352 e. The Morgan fingerprint density at radius 1 is 1.19 bits per heavy atom. The summed E-state index contributed by atoms with van der Waals surface area (Å²) < 4.78 is 0. The van der Waals surface area contributed by atoms with Crippen molar-refractivity contribution in [2.24, 2.45) is 23.2 Å². The highest BCUT2D eigenvalue weighted by Crippen LogP contribution is 2.61. The minimum absolute atomic E-state index is 0.0392. The normalized spacial score (nSPS) is 39.7. The predicted octanol–water partition coefficient (Wildman–Crippen LogP) is 1.44. The van der Waals surface area contributed by atoms with Crippen LogP contribution < -0.4 is 10.6 Å². The number of piperazine rings is 1. The topological polar surface area (TPSA) is 78.5 Å². The van der Waals surface area contributed by atoms with Crippen molar-refractivity contribution in [3.05, 3.63) is 0 Å². The molecule has 2 N–H and O–H groups in total. The summed E-state index contributed by atoms with van der Waals surface area (Å²) in [5.41, 5.74) is 0.229. The minimum atomic E-state index is -0.546. The smallest absolute Gasteiger partial charge is 0.312 e. The lowest BCUT2D eigenvalue weighted by molar-refractivity contribution is -0.150. The summed E-state index contributed by atoms with van der Waals surface area (Å²) in [5, 5.41) is 5.69. The van der Waals surface area contributed by atoms with Crippen LogP contribution in [0.1, 0.15) is 58.8 Å². The molecule has 1 heterocycles. The minimum Gasteiger partial charge on any atom is -0.352 e. The van der Waals surface area contributed by atoms with Crippen molar-refractivity contribution in [3.63, 3.8) is 0 Å². The molecule has 6 heteroatoms. The lowest BCUT2D eigenvalue weighted by Gasteiger charge is -2.56. The highest BCUT2D eigenvalue weighted by atomic mass is 16.2. The van der Waals surface area contributed by atoms with Gasteiger partial charge in [-0.05, 0) is 75.5 Å². The second-order valence-corrected chi connectivity index (χ2v) is 9.58. The van der Waals surface area contributed by atoms with Gasteiger partial charge in [0, 0.05) is 31.6 Å². The fourth-order valence-corrected chi connectivity index (χ4v) is 6.53. The molecule has 5 rings (SSSR count). The van der Waals surface area contributed by atoms with E-state index in [-0.39, 0.29) is 23.4 Å². The first-order chi connectivity index (χ1) is 12.3. The molecule has 1 saturated heterocycles. The Morgan fingerprint density at radius 3 is 2.35 bits per heavy atom. The van der Waals surface area contributed by atoms with Crippen LogP contribution in [0.25, 0.3) is 0 Å². The summed E-state index contributed by atoms with van der Waals surface area (Å²) in [4.78, 5) is 37.9. The monoisotopic (exact) mass is 361 g/mol. The molecule has 5 fully saturated rings. The zero-order chi connectivity index (χ0) is 18.5. The Kier molecular flexibility index (Phi) is 4.48. The average Bonchev–Trinajstić information content (AvgIpc) is 2.53. The average molecular weight is 361 g/mol. The van der Waals surface area contributed by atoms with Gasteiger partial charge in [0.25, 0.3) is 0 Å². The van der Waals surface area contributed by atoms with Gasteiger partial charge in [0.2, 0.25) is 5.91 Å². The van der Waals surface area contributed by atoms with Crippen LogP contribution >= 0.6 is 0 Å². The Bertz CT molecular complexity index is 582.